The third-order valence-electron chi connectivity index (χ3n) is 3.66. The normalized spacial score (nSPS) is 10.8. The molecule has 0 aliphatic carbocycles. The number of phenols is 1. The molecule has 0 heterocycles. The highest BCUT2D eigenvalue weighted by molar-refractivity contribution is 6.32. The monoisotopic (exact) mass is 362 g/mol. The van der Waals surface area contributed by atoms with Gasteiger partial charge in [-0.2, -0.15) is 0 Å². The predicted molar refractivity (Wildman–Crippen MR) is 97.3 cm³/mol. The molecule has 0 bridgehead atoms. The lowest BCUT2D eigenvalue weighted by Gasteiger charge is -2.12. The van der Waals surface area contributed by atoms with E-state index in [4.69, 9.17) is 25.8 Å². The maximum absolute atomic E-state index is 12.3. The first-order valence-corrected chi connectivity index (χ1v) is 7.80. The lowest BCUT2D eigenvalue weighted by Crippen LogP contribution is -1.97. The van der Waals surface area contributed by atoms with Gasteiger partial charge in [-0.05, 0) is 48.4 Å². The van der Waals surface area contributed by atoms with Crippen LogP contribution in [0.1, 0.15) is 21.5 Å². The number of benzene rings is 2. The molecule has 132 valence electrons. The number of ketones is 1. The smallest absolute Gasteiger partial charge is 0.203 e. The quantitative estimate of drug-likeness (QED) is 0.614. The average Bonchev–Trinajstić information content (AvgIpc) is 2.61. The van der Waals surface area contributed by atoms with Gasteiger partial charge in [-0.1, -0.05) is 17.7 Å². The van der Waals surface area contributed by atoms with Crippen molar-refractivity contribution in [2.24, 2.45) is 0 Å². The van der Waals surface area contributed by atoms with E-state index in [1.54, 1.807) is 25.1 Å². The number of hydrogen-bond donors (Lipinski definition) is 1. The van der Waals surface area contributed by atoms with Gasteiger partial charge in [0.1, 0.15) is 5.75 Å². The van der Waals surface area contributed by atoms with Crippen LogP contribution >= 0.6 is 11.6 Å². The second kappa shape index (κ2) is 7.94. The van der Waals surface area contributed by atoms with Gasteiger partial charge in [0.05, 0.1) is 26.9 Å². The zero-order valence-electron chi connectivity index (χ0n) is 14.4. The number of hydrogen-bond acceptors (Lipinski definition) is 5. The van der Waals surface area contributed by atoms with E-state index in [0.29, 0.717) is 33.4 Å². The van der Waals surface area contributed by atoms with Gasteiger partial charge in [-0.3, -0.25) is 4.79 Å². The molecule has 0 radical (unpaired) electrons. The molecule has 5 nitrogen and oxygen atoms in total. The first kappa shape index (κ1) is 18.7. The van der Waals surface area contributed by atoms with E-state index in [9.17, 15) is 9.90 Å². The van der Waals surface area contributed by atoms with Crippen LogP contribution in [0.3, 0.4) is 0 Å². The maximum Gasteiger partial charge on any atom is 0.203 e. The molecule has 0 spiro atoms. The predicted octanol–water partition coefficient (Wildman–Crippen LogP) is 4.28. The standard InChI is InChI=1S/C19H19ClO5/c1-11-7-16(22)13(10-14(11)20)15(21)6-5-12-8-17(23-2)19(25-4)18(9-12)24-3/h5-10,22H,1-4H3. The molecular formula is C19H19ClO5. The van der Waals surface area contributed by atoms with E-state index >= 15 is 0 Å². The fourth-order valence-corrected chi connectivity index (χ4v) is 2.49. The first-order chi connectivity index (χ1) is 11.9. The van der Waals surface area contributed by atoms with E-state index in [1.165, 1.54) is 39.5 Å². The zero-order valence-corrected chi connectivity index (χ0v) is 15.2. The minimum Gasteiger partial charge on any atom is -0.507 e. The van der Waals surface area contributed by atoms with Crippen LogP contribution in [0.25, 0.3) is 6.08 Å². The number of rotatable bonds is 6. The summed E-state index contributed by atoms with van der Waals surface area (Å²) in [4.78, 5) is 12.3. The van der Waals surface area contributed by atoms with Gasteiger partial charge in [0.15, 0.2) is 17.3 Å². The Bertz CT molecular complexity index is 802. The second-order valence-electron chi connectivity index (χ2n) is 5.27. The summed E-state index contributed by atoms with van der Waals surface area (Å²) in [7, 11) is 4.55. The minimum atomic E-state index is -0.367. The number of aromatic hydroxyl groups is 1. The van der Waals surface area contributed by atoms with Crippen molar-refractivity contribution in [1.29, 1.82) is 0 Å². The molecular weight excluding hydrogens is 344 g/mol. The molecule has 2 rings (SSSR count). The van der Waals surface area contributed by atoms with E-state index in [1.807, 2.05) is 0 Å². The summed E-state index contributed by atoms with van der Waals surface area (Å²) in [6.07, 6.45) is 2.95. The molecule has 0 aliphatic rings. The van der Waals surface area contributed by atoms with Gasteiger partial charge < -0.3 is 19.3 Å². The largest absolute Gasteiger partial charge is 0.507 e. The van der Waals surface area contributed by atoms with Crippen molar-refractivity contribution in [3.8, 4) is 23.0 Å². The third-order valence-corrected chi connectivity index (χ3v) is 4.06. The van der Waals surface area contributed by atoms with Crippen LogP contribution in [-0.2, 0) is 0 Å². The van der Waals surface area contributed by atoms with E-state index in [2.05, 4.69) is 0 Å². The summed E-state index contributed by atoms with van der Waals surface area (Å²) >= 11 is 6.03. The lowest BCUT2D eigenvalue weighted by molar-refractivity contribution is 0.104. The van der Waals surface area contributed by atoms with Crippen molar-refractivity contribution in [1.82, 2.24) is 0 Å². The Hall–Kier alpha value is -2.66. The number of allylic oxidation sites excluding steroid dienone is 1. The van der Waals surface area contributed by atoms with Gasteiger partial charge in [0, 0.05) is 5.02 Å². The molecule has 0 amide bonds. The summed E-state index contributed by atoms with van der Waals surface area (Å²) in [6, 6.07) is 6.34. The maximum atomic E-state index is 12.3. The van der Waals surface area contributed by atoms with E-state index in [-0.39, 0.29) is 17.1 Å². The summed E-state index contributed by atoms with van der Waals surface area (Å²) in [5.74, 6) is 0.955. The summed E-state index contributed by atoms with van der Waals surface area (Å²) < 4.78 is 15.8. The first-order valence-electron chi connectivity index (χ1n) is 7.42. The van der Waals surface area contributed by atoms with Crippen LogP contribution in [0.5, 0.6) is 23.0 Å². The van der Waals surface area contributed by atoms with E-state index in [0.717, 1.165) is 0 Å². The fourth-order valence-electron chi connectivity index (χ4n) is 2.32. The molecule has 25 heavy (non-hydrogen) atoms. The Kier molecular flexibility index (Phi) is 5.93. The highest BCUT2D eigenvalue weighted by atomic mass is 35.5. The molecule has 0 fully saturated rings. The topological polar surface area (TPSA) is 65.0 Å². The summed E-state index contributed by atoms with van der Waals surface area (Å²) in [5.41, 5.74) is 1.52. The number of halogens is 1. The Morgan fingerprint density at radius 2 is 1.64 bits per heavy atom. The fraction of sp³-hybridized carbons (Fsp3) is 0.211. The number of carbonyl (C=O) groups is 1. The molecule has 0 saturated heterocycles. The number of phenolic OH excluding ortho intramolecular Hbond substituents is 1. The Labute approximate surface area is 151 Å². The molecule has 0 saturated carbocycles. The molecule has 0 atom stereocenters. The summed E-state index contributed by atoms with van der Waals surface area (Å²) in [5, 5.41) is 10.4. The zero-order chi connectivity index (χ0) is 18.6. The molecule has 0 aromatic heterocycles. The van der Waals surface area contributed by atoms with Crippen molar-refractivity contribution < 1.29 is 24.1 Å². The minimum absolute atomic E-state index is 0.110. The van der Waals surface area contributed by atoms with Gasteiger partial charge >= 0.3 is 0 Å². The highest BCUT2D eigenvalue weighted by Gasteiger charge is 2.14. The van der Waals surface area contributed by atoms with Crippen LogP contribution in [0.4, 0.5) is 0 Å². The van der Waals surface area contributed by atoms with Crippen LogP contribution in [0.2, 0.25) is 5.02 Å². The van der Waals surface area contributed by atoms with Gasteiger partial charge in [0.25, 0.3) is 0 Å². The molecule has 1 N–H and O–H groups in total. The van der Waals surface area contributed by atoms with Crippen LogP contribution < -0.4 is 14.2 Å². The van der Waals surface area contributed by atoms with Crippen LogP contribution in [0, 0.1) is 6.92 Å². The second-order valence-corrected chi connectivity index (χ2v) is 5.68. The number of aryl methyl sites for hydroxylation is 1. The average molecular weight is 363 g/mol. The van der Waals surface area contributed by atoms with Crippen molar-refractivity contribution in [3.63, 3.8) is 0 Å². The number of ether oxygens (including phenoxy) is 3. The Morgan fingerprint density at radius 3 is 2.16 bits per heavy atom. The van der Waals surface area contributed by atoms with E-state index < -0.39 is 0 Å². The van der Waals surface area contributed by atoms with Gasteiger partial charge in [-0.15, -0.1) is 0 Å². The van der Waals surface area contributed by atoms with Crippen molar-refractivity contribution in [3.05, 3.63) is 52.1 Å². The molecule has 2 aromatic rings. The van der Waals surface area contributed by atoms with Crippen LogP contribution in [0.15, 0.2) is 30.3 Å². The molecule has 6 heteroatoms. The molecule has 0 aliphatic heterocycles. The van der Waals surface area contributed by atoms with Crippen molar-refractivity contribution >= 4 is 23.5 Å². The Morgan fingerprint density at radius 1 is 1.04 bits per heavy atom. The lowest BCUT2D eigenvalue weighted by atomic mass is 10.1. The SMILES string of the molecule is COc1cc(C=CC(=O)c2cc(Cl)c(C)cc2O)cc(OC)c1OC. The highest BCUT2D eigenvalue weighted by Crippen LogP contribution is 2.38. The number of methoxy groups -OCH3 is 3. The molecule has 2 aromatic carbocycles. The van der Waals surface area contributed by atoms with Gasteiger partial charge in [-0.25, -0.2) is 0 Å². The van der Waals surface area contributed by atoms with Crippen molar-refractivity contribution in [2.45, 2.75) is 6.92 Å². The van der Waals surface area contributed by atoms with Crippen molar-refractivity contribution in [2.75, 3.05) is 21.3 Å². The molecule has 0 unspecified atom stereocenters. The van der Waals surface area contributed by atoms with Crippen LogP contribution in [-0.4, -0.2) is 32.2 Å². The third kappa shape index (κ3) is 4.06. The summed E-state index contributed by atoms with van der Waals surface area (Å²) in [6.45, 7) is 1.75. The Balaban J connectivity index is 2.36. The van der Waals surface area contributed by atoms with Gasteiger partial charge in [0.2, 0.25) is 5.75 Å². The number of carbonyl (C=O) groups excluding carboxylic acids is 1.